The lowest BCUT2D eigenvalue weighted by Crippen LogP contribution is -2.02. The molecule has 0 radical (unpaired) electrons. The number of para-hydroxylation sites is 1. The molecule has 0 aliphatic carbocycles. The molecule has 0 saturated heterocycles. The van der Waals surface area contributed by atoms with Crippen LogP contribution in [0.25, 0.3) is 90.6 Å². The van der Waals surface area contributed by atoms with Crippen LogP contribution in [0.15, 0.2) is 140 Å². The molecule has 0 N–H and O–H groups in total. The van der Waals surface area contributed by atoms with Gasteiger partial charge in [-0.15, -0.1) is 22.7 Å². The predicted molar refractivity (Wildman–Crippen MR) is 193 cm³/mol. The van der Waals surface area contributed by atoms with E-state index in [0.29, 0.717) is 5.82 Å². The van der Waals surface area contributed by atoms with Crippen molar-refractivity contribution in [2.75, 3.05) is 0 Å². The van der Waals surface area contributed by atoms with E-state index in [4.69, 9.17) is 9.97 Å². The number of fused-ring (bicyclic) bond motifs is 10. The van der Waals surface area contributed by atoms with Crippen LogP contribution in [0, 0.1) is 0 Å². The van der Waals surface area contributed by atoms with E-state index in [1.54, 1.807) is 0 Å². The van der Waals surface area contributed by atoms with E-state index in [1.807, 2.05) is 40.9 Å². The summed E-state index contributed by atoms with van der Waals surface area (Å²) in [5.41, 5.74) is 5.28. The molecule has 0 unspecified atom stereocenters. The van der Waals surface area contributed by atoms with Crippen molar-refractivity contribution in [2.45, 2.75) is 0 Å². The third-order valence-electron chi connectivity index (χ3n) is 8.83. The molecule has 0 spiro atoms. The molecule has 10 rings (SSSR count). The van der Waals surface area contributed by atoms with Crippen LogP contribution < -0.4 is 0 Å². The summed E-state index contributed by atoms with van der Waals surface area (Å²) in [6, 6.07) is 49.8. The van der Waals surface area contributed by atoms with Crippen LogP contribution in [0.1, 0.15) is 0 Å². The van der Waals surface area contributed by atoms with Gasteiger partial charge < -0.3 is 0 Å². The minimum Gasteiger partial charge on any atom is -0.294 e. The van der Waals surface area contributed by atoms with E-state index in [9.17, 15) is 0 Å². The first-order valence-corrected chi connectivity index (χ1v) is 16.6. The van der Waals surface area contributed by atoms with Crippen molar-refractivity contribution < 1.29 is 0 Å². The standard InChI is InChI=1S/C40H23N3S2/c1-2-10-24(11-3-1)40-41-31(25-18-21-36-30(22-25)27-13-6-8-16-34(27)44-36)23-37(42-40)43-32-15-7-4-14-29(32)38-33(43)20-19-28-26-12-5-9-17-35(26)45-39(28)38/h1-23H. The maximum Gasteiger partial charge on any atom is 0.162 e. The first-order valence-electron chi connectivity index (χ1n) is 15.0. The summed E-state index contributed by atoms with van der Waals surface area (Å²) in [4.78, 5) is 10.4. The molecule has 10 aromatic rings. The average Bonchev–Trinajstić information content (AvgIpc) is 3.77. The molecular weight excluding hydrogens is 587 g/mol. The highest BCUT2D eigenvalue weighted by molar-refractivity contribution is 7.27. The van der Waals surface area contributed by atoms with Crippen LogP contribution in [-0.2, 0) is 0 Å². The zero-order valence-corrected chi connectivity index (χ0v) is 25.6. The largest absolute Gasteiger partial charge is 0.294 e. The fraction of sp³-hybridized carbons (Fsp3) is 0. The second-order valence-corrected chi connectivity index (χ2v) is 13.5. The van der Waals surface area contributed by atoms with Crippen molar-refractivity contribution in [1.29, 1.82) is 0 Å². The van der Waals surface area contributed by atoms with E-state index in [0.717, 1.165) is 33.7 Å². The lowest BCUT2D eigenvalue weighted by Gasteiger charge is -2.12. The molecule has 6 aromatic carbocycles. The van der Waals surface area contributed by atoms with Gasteiger partial charge >= 0.3 is 0 Å². The molecule has 210 valence electrons. The van der Waals surface area contributed by atoms with Crippen molar-refractivity contribution in [3.05, 3.63) is 140 Å². The predicted octanol–water partition coefficient (Wildman–Crippen LogP) is 11.6. The summed E-state index contributed by atoms with van der Waals surface area (Å²) >= 11 is 3.71. The molecule has 0 amide bonds. The molecule has 45 heavy (non-hydrogen) atoms. The number of benzene rings is 6. The zero-order chi connectivity index (χ0) is 29.5. The van der Waals surface area contributed by atoms with Gasteiger partial charge in [0.25, 0.3) is 0 Å². The summed E-state index contributed by atoms with van der Waals surface area (Å²) < 4.78 is 7.54. The molecule has 0 saturated carbocycles. The van der Waals surface area contributed by atoms with Gasteiger partial charge in [-0.3, -0.25) is 4.57 Å². The Balaban J connectivity index is 1.28. The summed E-state index contributed by atoms with van der Waals surface area (Å²) in [5, 5.41) is 7.67. The second kappa shape index (κ2) is 9.57. The fourth-order valence-corrected chi connectivity index (χ4v) is 9.13. The summed E-state index contributed by atoms with van der Waals surface area (Å²) in [6.07, 6.45) is 0. The molecule has 0 bridgehead atoms. The van der Waals surface area contributed by atoms with Crippen LogP contribution >= 0.6 is 22.7 Å². The molecule has 3 nitrogen and oxygen atoms in total. The van der Waals surface area contributed by atoms with Gasteiger partial charge in [0.15, 0.2) is 5.82 Å². The van der Waals surface area contributed by atoms with Crippen molar-refractivity contribution in [2.24, 2.45) is 0 Å². The molecule has 4 aromatic heterocycles. The Labute approximate surface area is 266 Å². The highest BCUT2D eigenvalue weighted by atomic mass is 32.1. The Morgan fingerprint density at radius 2 is 1.13 bits per heavy atom. The Bertz CT molecular complexity index is 2770. The van der Waals surface area contributed by atoms with E-state index < -0.39 is 0 Å². The van der Waals surface area contributed by atoms with Gasteiger partial charge in [-0.2, -0.15) is 0 Å². The number of thiophene rings is 2. The highest BCUT2D eigenvalue weighted by Gasteiger charge is 2.20. The van der Waals surface area contributed by atoms with Crippen molar-refractivity contribution in [3.8, 4) is 28.5 Å². The molecule has 5 heteroatoms. The molecule has 4 heterocycles. The highest BCUT2D eigenvalue weighted by Crippen LogP contribution is 2.43. The van der Waals surface area contributed by atoms with Crippen LogP contribution in [0.2, 0.25) is 0 Å². The molecular formula is C40H23N3S2. The summed E-state index contributed by atoms with van der Waals surface area (Å²) in [5.74, 6) is 1.58. The number of rotatable bonds is 3. The first kappa shape index (κ1) is 25.0. The van der Waals surface area contributed by atoms with Crippen LogP contribution in [-0.4, -0.2) is 14.5 Å². The van der Waals surface area contributed by atoms with Crippen LogP contribution in [0.3, 0.4) is 0 Å². The van der Waals surface area contributed by atoms with Gasteiger partial charge in [-0.05, 0) is 36.4 Å². The SMILES string of the molecule is c1ccc(-c2nc(-c3ccc4sc5ccccc5c4c3)cc(-n3c4ccccc4c4c5sc6ccccc6c5ccc43)n2)cc1. The number of hydrogen-bond acceptors (Lipinski definition) is 4. The van der Waals surface area contributed by atoms with Crippen LogP contribution in [0.5, 0.6) is 0 Å². The molecule has 0 aliphatic rings. The average molecular weight is 610 g/mol. The van der Waals surface area contributed by atoms with Crippen molar-refractivity contribution in [1.82, 2.24) is 14.5 Å². The van der Waals surface area contributed by atoms with Gasteiger partial charge in [-0.1, -0.05) is 97.1 Å². The fourth-order valence-electron chi connectivity index (χ4n) is 6.78. The Morgan fingerprint density at radius 1 is 0.444 bits per heavy atom. The number of hydrogen-bond donors (Lipinski definition) is 0. The normalized spacial score (nSPS) is 12.0. The van der Waals surface area contributed by atoms with Crippen molar-refractivity contribution >= 4 is 84.8 Å². The third kappa shape index (κ3) is 3.75. The maximum absolute atomic E-state index is 5.25. The summed E-state index contributed by atoms with van der Waals surface area (Å²) in [6.45, 7) is 0. The smallest absolute Gasteiger partial charge is 0.162 e. The van der Waals surface area contributed by atoms with Gasteiger partial charge in [0, 0.05) is 68.3 Å². The quantitative estimate of drug-likeness (QED) is 0.199. The van der Waals surface area contributed by atoms with Crippen LogP contribution in [0.4, 0.5) is 0 Å². The first-order chi connectivity index (χ1) is 22.3. The van der Waals surface area contributed by atoms with E-state index >= 15 is 0 Å². The zero-order valence-electron chi connectivity index (χ0n) is 23.9. The van der Waals surface area contributed by atoms with Gasteiger partial charge in [0.1, 0.15) is 5.82 Å². The Kier molecular flexibility index (Phi) is 5.32. The van der Waals surface area contributed by atoms with Crippen molar-refractivity contribution in [3.63, 3.8) is 0 Å². The minimum atomic E-state index is 0.715. The van der Waals surface area contributed by atoms with Gasteiger partial charge in [0.05, 0.1) is 16.7 Å². The Hall–Kier alpha value is -5.36. The third-order valence-corrected chi connectivity index (χ3v) is 11.2. The summed E-state index contributed by atoms with van der Waals surface area (Å²) in [7, 11) is 0. The van der Waals surface area contributed by atoms with Gasteiger partial charge in [0.2, 0.25) is 0 Å². The second-order valence-electron chi connectivity index (χ2n) is 11.4. The molecule has 0 atom stereocenters. The lowest BCUT2D eigenvalue weighted by atomic mass is 10.1. The molecule has 0 aliphatic heterocycles. The van der Waals surface area contributed by atoms with E-state index in [1.165, 1.54) is 51.1 Å². The minimum absolute atomic E-state index is 0.715. The molecule has 0 fully saturated rings. The Morgan fingerprint density at radius 3 is 1.98 bits per heavy atom. The monoisotopic (exact) mass is 609 g/mol. The van der Waals surface area contributed by atoms with E-state index in [2.05, 4.69) is 126 Å². The van der Waals surface area contributed by atoms with E-state index in [-0.39, 0.29) is 0 Å². The number of nitrogens with zero attached hydrogens (tertiary/aromatic N) is 3. The lowest BCUT2D eigenvalue weighted by molar-refractivity contribution is 1.05. The van der Waals surface area contributed by atoms with Gasteiger partial charge in [-0.25, -0.2) is 9.97 Å². The topological polar surface area (TPSA) is 30.7 Å². The maximum atomic E-state index is 5.25. The number of aromatic nitrogens is 3.